The van der Waals surface area contributed by atoms with Crippen molar-refractivity contribution < 1.29 is 22.5 Å². The van der Waals surface area contributed by atoms with Gasteiger partial charge in [0.2, 0.25) is 0 Å². The maximum atomic E-state index is 12.1. The van der Waals surface area contributed by atoms with Crippen LogP contribution in [0.25, 0.3) is 0 Å². The van der Waals surface area contributed by atoms with Gasteiger partial charge in [0.05, 0.1) is 10.5 Å². The second-order valence-corrected chi connectivity index (χ2v) is 8.91. The minimum absolute atomic E-state index is 0.195. The van der Waals surface area contributed by atoms with Gasteiger partial charge in [-0.25, -0.2) is 4.79 Å². The van der Waals surface area contributed by atoms with Crippen molar-refractivity contribution in [2.45, 2.75) is 4.90 Å². The Labute approximate surface area is 168 Å². The Morgan fingerprint density at radius 1 is 1.00 bits per heavy atom. The van der Waals surface area contributed by atoms with Gasteiger partial charge >= 0.3 is 5.97 Å². The minimum Gasteiger partial charge on any atom is -0.423 e. The van der Waals surface area contributed by atoms with E-state index in [9.17, 15) is 13.2 Å². The molecule has 0 aliphatic carbocycles. The standard InChI is InChI=1S/C13H7I3O5S/c14-10-5-7(6-11(15)12(10)16)13(17)21-8-1-3-9(4-2-8)22(18,19)20/h1-6H,(H,18,19,20). The summed E-state index contributed by atoms with van der Waals surface area (Å²) in [4.78, 5) is 11.9. The van der Waals surface area contributed by atoms with Crippen molar-refractivity contribution in [3.8, 4) is 5.75 Å². The highest BCUT2D eigenvalue weighted by Gasteiger charge is 2.14. The smallest absolute Gasteiger partial charge is 0.343 e. The fourth-order valence-corrected chi connectivity index (χ4v) is 4.08. The molecular formula is C13H7I3O5S. The maximum Gasteiger partial charge on any atom is 0.343 e. The fourth-order valence-electron chi connectivity index (χ4n) is 1.52. The van der Waals surface area contributed by atoms with Crippen LogP contribution < -0.4 is 4.74 Å². The molecule has 0 amide bonds. The molecule has 0 spiro atoms. The number of esters is 1. The molecule has 2 rings (SSSR count). The zero-order chi connectivity index (χ0) is 16.5. The summed E-state index contributed by atoms with van der Waals surface area (Å²) in [5.41, 5.74) is 0.410. The molecule has 5 nitrogen and oxygen atoms in total. The van der Waals surface area contributed by atoms with Crippen LogP contribution in [0.15, 0.2) is 41.3 Å². The van der Waals surface area contributed by atoms with E-state index in [2.05, 4.69) is 67.8 Å². The van der Waals surface area contributed by atoms with E-state index in [0.29, 0.717) is 5.56 Å². The summed E-state index contributed by atoms with van der Waals surface area (Å²) < 4.78 is 38.9. The molecule has 0 aromatic heterocycles. The molecule has 2 aromatic rings. The number of hydrogen-bond donors (Lipinski definition) is 1. The molecule has 0 bridgehead atoms. The number of halogens is 3. The summed E-state index contributed by atoms with van der Waals surface area (Å²) >= 11 is 6.47. The molecule has 0 saturated carbocycles. The fraction of sp³-hybridized carbons (Fsp3) is 0. The van der Waals surface area contributed by atoms with Crippen molar-refractivity contribution in [1.82, 2.24) is 0 Å². The predicted molar refractivity (Wildman–Crippen MR) is 106 cm³/mol. The molecule has 1 N–H and O–H groups in total. The Kier molecular flexibility index (Phi) is 6.07. The van der Waals surface area contributed by atoms with Gasteiger partial charge in [0.15, 0.2) is 0 Å². The van der Waals surface area contributed by atoms with Gasteiger partial charge in [0.25, 0.3) is 10.1 Å². The maximum absolute atomic E-state index is 12.1. The van der Waals surface area contributed by atoms with E-state index in [1.54, 1.807) is 12.1 Å². The number of carbonyl (C=O) groups is 1. The third kappa shape index (κ3) is 4.52. The van der Waals surface area contributed by atoms with E-state index in [-0.39, 0.29) is 10.6 Å². The molecule has 0 atom stereocenters. The summed E-state index contributed by atoms with van der Waals surface area (Å²) in [5, 5.41) is 0. The monoisotopic (exact) mass is 656 g/mol. The van der Waals surface area contributed by atoms with Crippen molar-refractivity contribution >= 4 is 83.9 Å². The number of ether oxygens (including phenoxy) is 1. The van der Waals surface area contributed by atoms with Gasteiger partial charge < -0.3 is 4.74 Å². The van der Waals surface area contributed by atoms with Crippen LogP contribution in [0.5, 0.6) is 5.75 Å². The molecule has 0 aliphatic rings. The summed E-state index contributed by atoms with van der Waals surface area (Å²) in [7, 11) is -4.26. The van der Waals surface area contributed by atoms with Gasteiger partial charge in [-0.05, 0) is 104 Å². The molecule has 0 heterocycles. The Hall–Kier alpha value is 0.0100. The molecule has 22 heavy (non-hydrogen) atoms. The van der Waals surface area contributed by atoms with E-state index in [1.165, 1.54) is 24.3 Å². The van der Waals surface area contributed by atoms with Crippen molar-refractivity contribution in [1.29, 1.82) is 0 Å². The van der Waals surface area contributed by atoms with E-state index in [4.69, 9.17) is 9.29 Å². The van der Waals surface area contributed by atoms with Crippen LogP contribution in [0.3, 0.4) is 0 Å². The van der Waals surface area contributed by atoms with Gasteiger partial charge in [-0.1, -0.05) is 0 Å². The van der Waals surface area contributed by atoms with Crippen molar-refractivity contribution in [2.24, 2.45) is 0 Å². The normalized spacial score (nSPS) is 11.3. The lowest BCUT2D eigenvalue weighted by Gasteiger charge is -2.07. The molecule has 116 valence electrons. The second-order valence-electron chi connectivity index (χ2n) is 4.09. The van der Waals surface area contributed by atoms with Gasteiger partial charge in [-0.2, -0.15) is 8.42 Å². The van der Waals surface area contributed by atoms with E-state index < -0.39 is 16.1 Å². The van der Waals surface area contributed by atoms with Gasteiger partial charge in [-0.15, -0.1) is 0 Å². The van der Waals surface area contributed by atoms with Crippen molar-refractivity contribution in [3.05, 3.63) is 52.7 Å². The van der Waals surface area contributed by atoms with E-state index in [1.807, 2.05) is 0 Å². The average Bonchev–Trinajstić information content (AvgIpc) is 2.43. The number of carbonyl (C=O) groups excluding carboxylic acids is 1. The number of hydrogen-bond acceptors (Lipinski definition) is 4. The molecule has 0 fully saturated rings. The van der Waals surface area contributed by atoms with Crippen LogP contribution in [0, 0.1) is 10.7 Å². The molecule has 0 saturated heterocycles. The Balaban J connectivity index is 2.22. The zero-order valence-corrected chi connectivity index (χ0v) is 17.9. The van der Waals surface area contributed by atoms with Gasteiger partial charge in [0, 0.05) is 10.7 Å². The van der Waals surface area contributed by atoms with E-state index >= 15 is 0 Å². The molecule has 0 aliphatic heterocycles. The molecule has 0 unspecified atom stereocenters. The van der Waals surface area contributed by atoms with Crippen molar-refractivity contribution in [3.63, 3.8) is 0 Å². The lowest BCUT2D eigenvalue weighted by atomic mass is 10.2. The molecule has 2 aromatic carbocycles. The first-order valence-electron chi connectivity index (χ1n) is 5.63. The predicted octanol–water partition coefficient (Wildman–Crippen LogP) is 3.97. The SMILES string of the molecule is O=C(Oc1ccc(S(=O)(=O)O)cc1)c1cc(I)c(I)c(I)c1. The first kappa shape index (κ1) is 18.4. The number of rotatable bonds is 3. The Bertz CT molecular complexity index is 808. The highest BCUT2D eigenvalue weighted by molar-refractivity contribution is 14.1. The number of benzene rings is 2. The second kappa shape index (κ2) is 7.27. The summed E-state index contributed by atoms with van der Waals surface area (Å²) in [5.74, 6) is -0.340. The molecule has 9 heteroatoms. The summed E-state index contributed by atoms with van der Waals surface area (Å²) in [6.45, 7) is 0. The van der Waals surface area contributed by atoms with Crippen molar-refractivity contribution in [2.75, 3.05) is 0 Å². The molecule has 0 radical (unpaired) electrons. The van der Waals surface area contributed by atoms with Crippen LogP contribution in [0.4, 0.5) is 0 Å². The van der Waals surface area contributed by atoms with E-state index in [0.717, 1.165) is 10.7 Å². The minimum atomic E-state index is -4.26. The lowest BCUT2D eigenvalue weighted by molar-refractivity contribution is 0.0734. The third-order valence-corrected chi connectivity index (χ3v) is 8.35. The van der Waals surface area contributed by atoms with Crippen LogP contribution >= 0.6 is 67.8 Å². The van der Waals surface area contributed by atoms with Crippen LogP contribution in [0.1, 0.15) is 10.4 Å². The largest absolute Gasteiger partial charge is 0.423 e. The molecular weight excluding hydrogens is 649 g/mol. The Morgan fingerprint density at radius 3 is 1.95 bits per heavy atom. The average molecular weight is 656 g/mol. The summed E-state index contributed by atoms with van der Waals surface area (Å²) in [6.07, 6.45) is 0. The van der Waals surface area contributed by atoms with Gasteiger partial charge in [0.1, 0.15) is 5.75 Å². The third-order valence-electron chi connectivity index (χ3n) is 2.55. The van der Waals surface area contributed by atoms with Crippen LogP contribution in [-0.4, -0.2) is 18.9 Å². The van der Waals surface area contributed by atoms with Crippen LogP contribution in [-0.2, 0) is 10.1 Å². The summed E-state index contributed by atoms with van der Waals surface area (Å²) in [6, 6.07) is 8.39. The highest BCUT2D eigenvalue weighted by Crippen LogP contribution is 2.24. The highest BCUT2D eigenvalue weighted by atomic mass is 127. The Morgan fingerprint density at radius 2 is 1.50 bits per heavy atom. The lowest BCUT2D eigenvalue weighted by Crippen LogP contribution is -2.10. The van der Waals surface area contributed by atoms with Gasteiger partial charge in [-0.3, -0.25) is 4.55 Å². The topological polar surface area (TPSA) is 80.7 Å². The van der Waals surface area contributed by atoms with Crippen LogP contribution in [0.2, 0.25) is 0 Å². The zero-order valence-electron chi connectivity index (χ0n) is 10.6. The first-order valence-corrected chi connectivity index (χ1v) is 10.3. The quantitative estimate of drug-likeness (QED) is 0.178. The first-order chi connectivity index (χ1) is 10.2.